The van der Waals surface area contributed by atoms with E-state index in [1.54, 1.807) is 14.2 Å². The number of thioether (sulfide) groups is 2. The van der Waals surface area contributed by atoms with E-state index in [2.05, 4.69) is 21.0 Å². The second-order valence-electron chi connectivity index (χ2n) is 6.38. The summed E-state index contributed by atoms with van der Waals surface area (Å²) in [4.78, 5) is 0. The molecule has 26 heavy (non-hydrogen) atoms. The summed E-state index contributed by atoms with van der Waals surface area (Å²) in [5.74, 6) is 4.56. The fourth-order valence-corrected chi connectivity index (χ4v) is 5.09. The highest BCUT2D eigenvalue weighted by atomic mass is 32.2. The fourth-order valence-electron chi connectivity index (χ4n) is 3.43. The Balaban J connectivity index is 1.97. The van der Waals surface area contributed by atoms with E-state index in [-0.39, 0.29) is 0 Å². The monoisotopic (exact) mass is 393 g/mol. The van der Waals surface area contributed by atoms with Crippen LogP contribution in [0.5, 0.6) is 11.5 Å². The van der Waals surface area contributed by atoms with E-state index in [0.717, 1.165) is 39.5 Å². The molecule has 142 valence electrons. The molecule has 3 rings (SSSR count). The van der Waals surface area contributed by atoms with Crippen molar-refractivity contribution in [2.45, 2.75) is 43.3 Å². The quantitative estimate of drug-likeness (QED) is 0.468. The number of methoxy groups -OCH3 is 2. The van der Waals surface area contributed by atoms with Gasteiger partial charge in [-0.15, -0.1) is 10.2 Å². The third kappa shape index (κ3) is 4.31. The molecule has 1 heterocycles. The first-order valence-electron chi connectivity index (χ1n) is 9.07. The Hall–Kier alpha value is -1.34. The van der Waals surface area contributed by atoms with E-state index >= 15 is 0 Å². The molecule has 0 amide bonds. The van der Waals surface area contributed by atoms with E-state index in [1.165, 1.54) is 32.1 Å². The first kappa shape index (κ1) is 19.4. The first-order valence-corrected chi connectivity index (χ1v) is 11.5. The molecule has 0 N–H and O–H groups in total. The summed E-state index contributed by atoms with van der Waals surface area (Å²) >= 11 is 3.68. The fraction of sp³-hybridized carbons (Fsp3) is 0.579. The molecule has 0 spiro atoms. The van der Waals surface area contributed by atoms with Crippen molar-refractivity contribution in [3.05, 3.63) is 18.2 Å². The van der Waals surface area contributed by atoms with Crippen molar-refractivity contribution in [1.29, 1.82) is 0 Å². The van der Waals surface area contributed by atoms with Crippen LogP contribution in [0.3, 0.4) is 0 Å². The van der Waals surface area contributed by atoms with Crippen LogP contribution in [0.4, 0.5) is 0 Å². The topological polar surface area (TPSA) is 49.2 Å². The van der Waals surface area contributed by atoms with Crippen molar-refractivity contribution in [1.82, 2.24) is 14.8 Å². The molecule has 0 radical (unpaired) electrons. The van der Waals surface area contributed by atoms with Crippen LogP contribution in [0.1, 0.15) is 38.1 Å². The lowest BCUT2D eigenvalue weighted by atomic mass is 9.95. The van der Waals surface area contributed by atoms with Crippen LogP contribution in [-0.2, 0) is 0 Å². The van der Waals surface area contributed by atoms with Gasteiger partial charge in [-0.2, -0.15) is 11.8 Å². The molecule has 1 fully saturated rings. The van der Waals surface area contributed by atoms with Crippen LogP contribution < -0.4 is 9.47 Å². The van der Waals surface area contributed by atoms with Crippen LogP contribution in [0.2, 0.25) is 0 Å². The van der Waals surface area contributed by atoms with Crippen molar-refractivity contribution in [3.8, 4) is 22.9 Å². The molecule has 2 aromatic rings. The summed E-state index contributed by atoms with van der Waals surface area (Å²) in [5, 5.41) is 10.1. The van der Waals surface area contributed by atoms with Gasteiger partial charge in [0.15, 0.2) is 22.5 Å². The van der Waals surface area contributed by atoms with Gasteiger partial charge in [0, 0.05) is 23.1 Å². The lowest BCUT2D eigenvalue weighted by molar-refractivity contribution is 0.339. The maximum Gasteiger partial charge on any atom is 0.191 e. The Morgan fingerprint density at radius 1 is 1.04 bits per heavy atom. The van der Waals surface area contributed by atoms with Gasteiger partial charge in [-0.3, -0.25) is 4.57 Å². The SMILES string of the molecule is COc1ccc(-c2nnc(SCCSC)n2C2CCCCC2)cc1OC. The summed E-state index contributed by atoms with van der Waals surface area (Å²) in [5.41, 5.74) is 1.03. The van der Waals surface area contributed by atoms with Crippen LogP contribution in [0.15, 0.2) is 23.4 Å². The average molecular weight is 394 g/mol. The molecule has 1 aliphatic rings. The van der Waals surface area contributed by atoms with Crippen molar-refractivity contribution in [3.63, 3.8) is 0 Å². The highest BCUT2D eigenvalue weighted by Crippen LogP contribution is 2.38. The van der Waals surface area contributed by atoms with E-state index in [0.29, 0.717) is 6.04 Å². The minimum atomic E-state index is 0.485. The summed E-state index contributed by atoms with van der Waals surface area (Å²) in [7, 11) is 3.32. The Morgan fingerprint density at radius 2 is 1.81 bits per heavy atom. The van der Waals surface area contributed by atoms with E-state index < -0.39 is 0 Å². The largest absolute Gasteiger partial charge is 0.493 e. The average Bonchev–Trinajstić information content (AvgIpc) is 3.12. The Labute approximate surface area is 164 Å². The van der Waals surface area contributed by atoms with Gasteiger partial charge in [0.05, 0.1) is 14.2 Å². The third-order valence-electron chi connectivity index (χ3n) is 4.76. The maximum absolute atomic E-state index is 5.48. The number of hydrogen-bond donors (Lipinski definition) is 0. The van der Waals surface area contributed by atoms with Crippen molar-refractivity contribution in [2.75, 3.05) is 32.0 Å². The van der Waals surface area contributed by atoms with Gasteiger partial charge >= 0.3 is 0 Å². The lowest BCUT2D eigenvalue weighted by Gasteiger charge is -2.25. The number of rotatable bonds is 8. The smallest absolute Gasteiger partial charge is 0.191 e. The summed E-state index contributed by atoms with van der Waals surface area (Å²) in [6, 6.07) is 6.47. The minimum Gasteiger partial charge on any atom is -0.493 e. The molecule has 7 heteroatoms. The zero-order valence-electron chi connectivity index (χ0n) is 15.7. The van der Waals surface area contributed by atoms with Gasteiger partial charge in [0.25, 0.3) is 0 Å². The van der Waals surface area contributed by atoms with E-state index in [9.17, 15) is 0 Å². The van der Waals surface area contributed by atoms with Gasteiger partial charge < -0.3 is 9.47 Å². The van der Waals surface area contributed by atoms with Crippen molar-refractivity contribution >= 4 is 23.5 Å². The molecule has 1 saturated carbocycles. The molecule has 0 aliphatic heterocycles. The third-order valence-corrected chi connectivity index (χ3v) is 6.58. The molecule has 0 bridgehead atoms. The van der Waals surface area contributed by atoms with Gasteiger partial charge in [-0.05, 0) is 37.3 Å². The zero-order valence-corrected chi connectivity index (χ0v) is 17.4. The highest BCUT2D eigenvalue weighted by Gasteiger charge is 2.24. The number of nitrogens with zero attached hydrogens (tertiary/aromatic N) is 3. The summed E-state index contributed by atoms with van der Waals surface area (Å²) in [6.45, 7) is 0. The Morgan fingerprint density at radius 3 is 2.50 bits per heavy atom. The molecule has 1 aromatic heterocycles. The van der Waals surface area contributed by atoms with Crippen LogP contribution in [-0.4, -0.2) is 46.7 Å². The predicted molar refractivity (Wildman–Crippen MR) is 110 cm³/mol. The Bertz CT molecular complexity index is 715. The van der Waals surface area contributed by atoms with Gasteiger partial charge in [-0.25, -0.2) is 0 Å². The highest BCUT2D eigenvalue weighted by molar-refractivity contribution is 8.02. The van der Waals surface area contributed by atoms with Gasteiger partial charge in [0.2, 0.25) is 0 Å². The van der Waals surface area contributed by atoms with Crippen molar-refractivity contribution in [2.24, 2.45) is 0 Å². The number of aromatic nitrogens is 3. The van der Waals surface area contributed by atoms with Crippen LogP contribution >= 0.6 is 23.5 Å². The lowest BCUT2D eigenvalue weighted by Crippen LogP contribution is -2.15. The molecule has 0 unspecified atom stereocenters. The second kappa shape index (κ2) is 9.55. The number of benzene rings is 1. The molecule has 1 aromatic carbocycles. The molecular weight excluding hydrogens is 366 g/mol. The van der Waals surface area contributed by atoms with Gasteiger partial charge in [0.1, 0.15) is 0 Å². The number of hydrogen-bond acceptors (Lipinski definition) is 6. The molecule has 0 saturated heterocycles. The zero-order chi connectivity index (χ0) is 18.4. The summed E-state index contributed by atoms with van der Waals surface area (Å²) < 4.78 is 13.2. The van der Waals surface area contributed by atoms with Crippen LogP contribution in [0, 0.1) is 0 Å². The molecule has 1 aliphatic carbocycles. The van der Waals surface area contributed by atoms with Gasteiger partial charge in [-0.1, -0.05) is 31.0 Å². The molecule has 0 atom stereocenters. The van der Waals surface area contributed by atoms with Crippen LogP contribution in [0.25, 0.3) is 11.4 Å². The standard InChI is InChI=1S/C19H27N3O2S2/c1-23-16-10-9-14(13-17(16)24-2)18-20-21-19(26-12-11-25-3)22(18)15-7-5-4-6-8-15/h9-10,13,15H,4-8,11-12H2,1-3H3. The van der Waals surface area contributed by atoms with E-state index in [1.807, 2.05) is 41.7 Å². The normalized spacial score (nSPS) is 15.2. The summed E-state index contributed by atoms with van der Waals surface area (Å²) in [6.07, 6.45) is 8.44. The predicted octanol–water partition coefficient (Wildman–Crippen LogP) is 4.92. The maximum atomic E-state index is 5.48. The molecule has 5 nitrogen and oxygen atoms in total. The van der Waals surface area contributed by atoms with Crippen molar-refractivity contribution < 1.29 is 9.47 Å². The minimum absolute atomic E-state index is 0.485. The second-order valence-corrected chi connectivity index (χ2v) is 8.43. The molecular formula is C19H27N3O2S2. The number of ether oxygens (including phenoxy) is 2. The van der Waals surface area contributed by atoms with E-state index in [4.69, 9.17) is 9.47 Å². The first-order chi connectivity index (χ1) is 12.8. The Kier molecular flexibility index (Phi) is 7.14.